The van der Waals surface area contributed by atoms with E-state index in [4.69, 9.17) is 0 Å². The molecule has 2 amide bonds. The van der Waals surface area contributed by atoms with E-state index in [9.17, 15) is 9.59 Å². The zero-order valence-corrected chi connectivity index (χ0v) is 22.4. The quantitative estimate of drug-likeness (QED) is 0.368. The van der Waals surface area contributed by atoms with Crippen LogP contribution in [0.1, 0.15) is 76.8 Å². The highest BCUT2D eigenvalue weighted by atomic mass is 32.1. The first-order valence-corrected chi connectivity index (χ1v) is 13.0. The van der Waals surface area contributed by atoms with E-state index in [0.29, 0.717) is 19.5 Å². The van der Waals surface area contributed by atoms with Gasteiger partial charge in [0.25, 0.3) is 0 Å². The lowest BCUT2D eigenvalue weighted by molar-refractivity contribution is -0.143. The van der Waals surface area contributed by atoms with Crippen LogP contribution in [0.15, 0.2) is 41.8 Å². The molecule has 0 aliphatic carbocycles. The van der Waals surface area contributed by atoms with E-state index in [2.05, 4.69) is 53.0 Å². The second-order valence-corrected chi connectivity index (χ2v) is 11.6. The van der Waals surface area contributed by atoms with Crippen LogP contribution in [0, 0.1) is 18.3 Å². The maximum atomic E-state index is 13.6. The molecule has 0 aliphatic rings. The largest absolute Gasteiger partial charge is 0.332 e. The van der Waals surface area contributed by atoms with Crippen LogP contribution in [0.5, 0.6) is 0 Å². The number of aryl methyl sites for hydroxylation is 1. The minimum absolute atomic E-state index is 0.00350. The van der Waals surface area contributed by atoms with E-state index in [1.54, 1.807) is 16.2 Å². The average molecular weight is 471 g/mol. The first-order chi connectivity index (χ1) is 15.5. The molecule has 0 bridgehead atoms. The number of carbonyl (C=O) groups excluding carboxylic acids is 2. The molecule has 2 aromatic rings. The van der Waals surface area contributed by atoms with Crippen molar-refractivity contribution in [3.8, 4) is 0 Å². The molecule has 0 saturated carbocycles. The van der Waals surface area contributed by atoms with E-state index in [1.807, 2.05) is 42.2 Å². The minimum atomic E-state index is 0.00350. The van der Waals surface area contributed by atoms with Crippen molar-refractivity contribution in [1.29, 1.82) is 0 Å². The Balaban J connectivity index is 2.18. The van der Waals surface area contributed by atoms with E-state index < -0.39 is 0 Å². The molecule has 0 N–H and O–H groups in total. The SMILES string of the molecule is CCC(C)N(CC(=O)N(Cc1ccccc1)Cc1sccc1C)C(=O)CC(C)CC(C)(C)C. The Morgan fingerprint density at radius 2 is 1.67 bits per heavy atom. The highest BCUT2D eigenvalue weighted by molar-refractivity contribution is 7.10. The van der Waals surface area contributed by atoms with Crippen molar-refractivity contribution in [2.45, 2.75) is 86.9 Å². The molecule has 1 aromatic carbocycles. The molecule has 1 aromatic heterocycles. The molecule has 2 atom stereocenters. The maximum Gasteiger partial charge on any atom is 0.242 e. The monoisotopic (exact) mass is 470 g/mol. The van der Waals surface area contributed by atoms with Gasteiger partial charge in [0.05, 0.1) is 6.54 Å². The zero-order chi connectivity index (χ0) is 24.6. The molecule has 0 spiro atoms. The van der Waals surface area contributed by atoms with E-state index in [-0.39, 0.29) is 35.7 Å². The summed E-state index contributed by atoms with van der Waals surface area (Å²) in [4.78, 5) is 31.8. The van der Waals surface area contributed by atoms with Crippen LogP contribution in [0.4, 0.5) is 0 Å². The van der Waals surface area contributed by atoms with Gasteiger partial charge >= 0.3 is 0 Å². The summed E-state index contributed by atoms with van der Waals surface area (Å²) in [6.07, 6.45) is 2.30. The van der Waals surface area contributed by atoms with Gasteiger partial charge in [-0.3, -0.25) is 9.59 Å². The van der Waals surface area contributed by atoms with Crippen molar-refractivity contribution in [1.82, 2.24) is 9.80 Å². The average Bonchev–Trinajstić information content (AvgIpc) is 3.14. The number of rotatable bonds is 11. The summed E-state index contributed by atoms with van der Waals surface area (Å²) in [5.74, 6) is 0.374. The lowest BCUT2D eigenvalue weighted by atomic mass is 9.84. The number of hydrogen-bond acceptors (Lipinski definition) is 3. The van der Waals surface area contributed by atoms with Crippen LogP contribution < -0.4 is 0 Å². The summed E-state index contributed by atoms with van der Waals surface area (Å²) in [5, 5.41) is 2.07. The summed E-state index contributed by atoms with van der Waals surface area (Å²) in [7, 11) is 0. The number of thiophene rings is 1. The molecule has 0 aliphatic heterocycles. The van der Waals surface area contributed by atoms with Crippen LogP contribution in [0.3, 0.4) is 0 Å². The zero-order valence-electron chi connectivity index (χ0n) is 21.6. The third kappa shape index (κ3) is 8.96. The van der Waals surface area contributed by atoms with Crippen molar-refractivity contribution < 1.29 is 9.59 Å². The predicted octanol–water partition coefficient (Wildman–Crippen LogP) is 6.67. The summed E-state index contributed by atoms with van der Waals surface area (Å²) >= 11 is 1.68. The molecule has 33 heavy (non-hydrogen) atoms. The van der Waals surface area contributed by atoms with E-state index in [0.717, 1.165) is 18.4 Å². The molecule has 5 heteroatoms. The number of hydrogen-bond donors (Lipinski definition) is 0. The number of benzene rings is 1. The Morgan fingerprint density at radius 1 is 1.00 bits per heavy atom. The number of amides is 2. The van der Waals surface area contributed by atoms with Gasteiger partial charge in [0.15, 0.2) is 0 Å². The van der Waals surface area contributed by atoms with Gasteiger partial charge in [-0.15, -0.1) is 11.3 Å². The smallest absolute Gasteiger partial charge is 0.242 e. The van der Waals surface area contributed by atoms with Gasteiger partial charge in [-0.2, -0.15) is 0 Å². The van der Waals surface area contributed by atoms with Crippen molar-refractivity contribution in [3.05, 3.63) is 57.8 Å². The highest BCUT2D eigenvalue weighted by Gasteiger charge is 2.27. The third-order valence-corrected chi connectivity index (χ3v) is 7.11. The molecule has 1 heterocycles. The summed E-state index contributed by atoms with van der Waals surface area (Å²) in [6, 6.07) is 12.2. The minimum Gasteiger partial charge on any atom is -0.332 e. The van der Waals surface area contributed by atoms with Gasteiger partial charge in [-0.25, -0.2) is 0 Å². The molecule has 182 valence electrons. The summed E-state index contributed by atoms with van der Waals surface area (Å²) < 4.78 is 0. The molecule has 4 nitrogen and oxygen atoms in total. The van der Waals surface area contributed by atoms with Crippen molar-refractivity contribution in [2.24, 2.45) is 11.3 Å². The molecule has 0 radical (unpaired) electrons. The fourth-order valence-electron chi connectivity index (χ4n) is 4.26. The second kappa shape index (κ2) is 12.4. The summed E-state index contributed by atoms with van der Waals surface area (Å²) in [5.41, 5.74) is 2.49. The van der Waals surface area contributed by atoms with Gasteiger partial charge in [0, 0.05) is 23.9 Å². The Bertz CT molecular complexity index is 885. The lowest BCUT2D eigenvalue weighted by Crippen LogP contribution is -2.46. The van der Waals surface area contributed by atoms with Crippen LogP contribution in [-0.4, -0.2) is 34.2 Å². The van der Waals surface area contributed by atoms with Crippen LogP contribution in [0.25, 0.3) is 0 Å². The van der Waals surface area contributed by atoms with Gasteiger partial charge in [0.2, 0.25) is 11.8 Å². The fourth-order valence-corrected chi connectivity index (χ4v) is 5.19. The Labute approximate surface area is 205 Å². The molecule has 2 rings (SSSR count). The molecule has 2 unspecified atom stereocenters. The normalized spacial score (nSPS) is 13.4. The predicted molar refractivity (Wildman–Crippen MR) is 139 cm³/mol. The van der Waals surface area contributed by atoms with Gasteiger partial charge in [-0.05, 0) is 60.6 Å². The van der Waals surface area contributed by atoms with Crippen molar-refractivity contribution in [2.75, 3.05) is 6.54 Å². The highest BCUT2D eigenvalue weighted by Crippen LogP contribution is 2.27. The number of carbonyl (C=O) groups is 2. The van der Waals surface area contributed by atoms with Gasteiger partial charge in [-0.1, -0.05) is 65.0 Å². The Kier molecular flexibility index (Phi) is 10.2. The van der Waals surface area contributed by atoms with Crippen LogP contribution in [0.2, 0.25) is 0 Å². The molecule has 0 saturated heterocycles. The Morgan fingerprint density at radius 3 is 2.21 bits per heavy atom. The second-order valence-electron chi connectivity index (χ2n) is 10.6. The van der Waals surface area contributed by atoms with Crippen molar-refractivity contribution >= 4 is 23.2 Å². The van der Waals surface area contributed by atoms with E-state index in [1.165, 1.54) is 10.4 Å². The van der Waals surface area contributed by atoms with Crippen LogP contribution in [-0.2, 0) is 22.7 Å². The first kappa shape index (κ1) is 27.1. The number of nitrogens with zero attached hydrogens (tertiary/aromatic N) is 2. The maximum absolute atomic E-state index is 13.6. The lowest BCUT2D eigenvalue weighted by Gasteiger charge is -2.33. The van der Waals surface area contributed by atoms with E-state index >= 15 is 0 Å². The van der Waals surface area contributed by atoms with Gasteiger partial charge in [0.1, 0.15) is 6.54 Å². The summed E-state index contributed by atoms with van der Waals surface area (Å²) in [6.45, 7) is 16.2. The van der Waals surface area contributed by atoms with Gasteiger partial charge < -0.3 is 9.80 Å². The first-order valence-electron chi connectivity index (χ1n) is 12.1. The van der Waals surface area contributed by atoms with Crippen LogP contribution >= 0.6 is 11.3 Å². The topological polar surface area (TPSA) is 40.6 Å². The van der Waals surface area contributed by atoms with Crippen molar-refractivity contribution in [3.63, 3.8) is 0 Å². The Hall–Kier alpha value is -2.14. The third-order valence-electron chi connectivity index (χ3n) is 6.10. The molecule has 0 fully saturated rings. The molecular formula is C28H42N2O2S. The fraction of sp³-hybridized carbons (Fsp3) is 0.571. The molecular weight excluding hydrogens is 428 g/mol. The standard InChI is InChI=1S/C28H42N2O2S/c1-8-23(4)30(26(31)16-21(2)17-28(5,6)7)20-27(32)29(18-24-12-10-9-11-13-24)19-25-22(3)14-15-33-25/h9-15,21,23H,8,16-20H2,1-7H3.